The van der Waals surface area contributed by atoms with E-state index in [-0.39, 0.29) is 5.41 Å². The van der Waals surface area contributed by atoms with Crippen molar-refractivity contribution in [1.29, 1.82) is 5.26 Å². The molecular formula is C14H18N4. The summed E-state index contributed by atoms with van der Waals surface area (Å²) < 4.78 is 0. The summed E-state index contributed by atoms with van der Waals surface area (Å²) in [7, 11) is 0. The number of aromatic nitrogens is 3. The zero-order valence-electron chi connectivity index (χ0n) is 11.1. The molecule has 2 heterocycles. The van der Waals surface area contributed by atoms with E-state index in [9.17, 15) is 5.26 Å². The van der Waals surface area contributed by atoms with E-state index in [1.165, 1.54) is 0 Å². The summed E-state index contributed by atoms with van der Waals surface area (Å²) in [6, 6.07) is 4.42. The molecule has 1 fully saturated rings. The molecule has 18 heavy (non-hydrogen) atoms. The molecule has 0 saturated heterocycles. The van der Waals surface area contributed by atoms with Gasteiger partial charge in [-0.2, -0.15) is 10.4 Å². The van der Waals surface area contributed by atoms with Gasteiger partial charge in [0.25, 0.3) is 0 Å². The molecule has 0 radical (unpaired) electrons. The molecule has 0 aliphatic heterocycles. The molecule has 1 N–H and O–H groups in total. The zero-order valence-corrected chi connectivity index (χ0v) is 11.1. The van der Waals surface area contributed by atoms with Gasteiger partial charge in [0.2, 0.25) is 0 Å². The first kappa shape index (κ1) is 12.6. The molecule has 4 nitrogen and oxygen atoms in total. The molecule has 94 valence electrons. The van der Waals surface area contributed by atoms with Crippen LogP contribution in [0.1, 0.15) is 44.5 Å². The van der Waals surface area contributed by atoms with E-state index < -0.39 is 0 Å². The highest BCUT2D eigenvalue weighted by atomic mass is 15.1. The molecule has 2 aromatic heterocycles. The Labute approximate surface area is 107 Å². The number of pyridine rings is 1. The van der Waals surface area contributed by atoms with E-state index in [2.05, 4.69) is 21.3 Å². The fraction of sp³-hybridized carbons (Fsp3) is 0.500. The zero-order chi connectivity index (χ0) is 13.2. The largest absolute Gasteiger partial charge is 0.282 e. The standard InChI is InChI=1S/C12H12N4.C2H6/c1-8-9-5-11(12(7-13)3-2-4-12)14-6-10(9)16-15-8;1-2/h5-6H,2-4H2,1H3,(H,15,16);1-2H3. The van der Waals surface area contributed by atoms with Gasteiger partial charge in [0, 0.05) is 11.1 Å². The van der Waals surface area contributed by atoms with E-state index in [1.807, 2.05) is 26.8 Å². The van der Waals surface area contributed by atoms with Crippen molar-refractivity contribution in [2.75, 3.05) is 0 Å². The van der Waals surface area contributed by atoms with Gasteiger partial charge in [-0.25, -0.2) is 0 Å². The van der Waals surface area contributed by atoms with Gasteiger partial charge in [-0.3, -0.25) is 10.1 Å². The van der Waals surface area contributed by atoms with E-state index >= 15 is 0 Å². The van der Waals surface area contributed by atoms with Crippen LogP contribution in [0.5, 0.6) is 0 Å². The van der Waals surface area contributed by atoms with Crippen LogP contribution in [-0.4, -0.2) is 15.2 Å². The Balaban J connectivity index is 0.000000574. The van der Waals surface area contributed by atoms with Gasteiger partial charge in [0.05, 0.1) is 23.4 Å². The summed E-state index contributed by atoms with van der Waals surface area (Å²) in [5, 5.41) is 17.4. The number of hydrogen-bond donors (Lipinski definition) is 1. The van der Waals surface area contributed by atoms with Gasteiger partial charge >= 0.3 is 0 Å². The number of hydrogen-bond acceptors (Lipinski definition) is 3. The number of fused-ring (bicyclic) bond motifs is 1. The Hall–Kier alpha value is -1.89. The predicted molar refractivity (Wildman–Crippen MR) is 71.1 cm³/mol. The van der Waals surface area contributed by atoms with Crippen molar-refractivity contribution >= 4 is 10.9 Å². The molecule has 0 spiro atoms. The topological polar surface area (TPSA) is 65.4 Å². The number of aryl methyl sites for hydroxylation is 1. The maximum absolute atomic E-state index is 9.27. The third-order valence-corrected chi connectivity index (χ3v) is 3.54. The number of nitriles is 1. The third-order valence-electron chi connectivity index (χ3n) is 3.54. The minimum atomic E-state index is -0.335. The number of H-pyrrole nitrogens is 1. The molecule has 1 aliphatic carbocycles. The number of rotatable bonds is 1. The molecule has 3 rings (SSSR count). The van der Waals surface area contributed by atoms with Crippen LogP contribution in [0, 0.1) is 18.3 Å². The Kier molecular flexibility index (Phi) is 3.33. The van der Waals surface area contributed by atoms with E-state index in [4.69, 9.17) is 0 Å². The van der Waals surface area contributed by atoms with Gasteiger partial charge in [-0.05, 0) is 32.3 Å². The highest BCUT2D eigenvalue weighted by molar-refractivity contribution is 5.80. The second kappa shape index (κ2) is 4.77. The van der Waals surface area contributed by atoms with Crippen molar-refractivity contribution in [2.24, 2.45) is 0 Å². The highest BCUT2D eigenvalue weighted by Crippen LogP contribution is 2.42. The van der Waals surface area contributed by atoms with Crippen LogP contribution in [0.15, 0.2) is 12.3 Å². The number of nitrogens with one attached hydrogen (secondary N) is 1. The second-order valence-electron chi connectivity index (χ2n) is 4.48. The molecule has 0 aromatic carbocycles. The third kappa shape index (κ3) is 1.76. The predicted octanol–water partition coefficient (Wildman–Crippen LogP) is 3.24. The van der Waals surface area contributed by atoms with Crippen molar-refractivity contribution < 1.29 is 0 Å². The Morgan fingerprint density at radius 2 is 2.11 bits per heavy atom. The average Bonchev–Trinajstić information content (AvgIpc) is 2.73. The molecule has 0 unspecified atom stereocenters. The summed E-state index contributed by atoms with van der Waals surface area (Å²) in [4.78, 5) is 4.38. The minimum Gasteiger partial charge on any atom is -0.282 e. The van der Waals surface area contributed by atoms with Crippen LogP contribution >= 0.6 is 0 Å². The lowest BCUT2D eigenvalue weighted by Gasteiger charge is -2.34. The van der Waals surface area contributed by atoms with Gasteiger partial charge in [0.1, 0.15) is 5.52 Å². The van der Waals surface area contributed by atoms with Crippen molar-refractivity contribution in [2.45, 2.75) is 45.4 Å². The van der Waals surface area contributed by atoms with Gasteiger partial charge in [-0.15, -0.1) is 0 Å². The van der Waals surface area contributed by atoms with Gasteiger partial charge in [0.15, 0.2) is 0 Å². The van der Waals surface area contributed by atoms with Crippen LogP contribution in [0.4, 0.5) is 0 Å². The highest BCUT2D eigenvalue weighted by Gasteiger charge is 2.40. The first-order valence-electron chi connectivity index (χ1n) is 6.48. The molecule has 1 saturated carbocycles. The van der Waals surface area contributed by atoms with E-state index in [0.29, 0.717) is 0 Å². The first-order valence-corrected chi connectivity index (χ1v) is 6.48. The van der Waals surface area contributed by atoms with Gasteiger partial charge in [-0.1, -0.05) is 13.8 Å². The molecule has 0 bridgehead atoms. The van der Waals surface area contributed by atoms with Crippen molar-refractivity contribution in [3.63, 3.8) is 0 Å². The summed E-state index contributed by atoms with van der Waals surface area (Å²) in [6.07, 6.45) is 4.74. The summed E-state index contributed by atoms with van der Waals surface area (Å²) >= 11 is 0. The van der Waals surface area contributed by atoms with Crippen molar-refractivity contribution in [3.8, 4) is 6.07 Å². The van der Waals surface area contributed by atoms with Gasteiger partial charge < -0.3 is 0 Å². The van der Waals surface area contributed by atoms with E-state index in [1.54, 1.807) is 6.20 Å². The lowest BCUT2D eigenvalue weighted by Crippen LogP contribution is -2.33. The Morgan fingerprint density at radius 3 is 2.67 bits per heavy atom. The second-order valence-corrected chi connectivity index (χ2v) is 4.48. The molecular weight excluding hydrogens is 224 g/mol. The molecule has 1 aliphatic rings. The first-order chi connectivity index (χ1) is 8.75. The molecule has 0 amide bonds. The minimum absolute atomic E-state index is 0.335. The Morgan fingerprint density at radius 1 is 1.39 bits per heavy atom. The number of aromatic amines is 1. The van der Waals surface area contributed by atoms with Crippen LogP contribution in [-0.2, 0) is 5.41 Å². The lowest BCUT2D eigenvalue weighted by molar-refractivity contribution is 0.316. The monoisotopic (exact) mass is 242 g/mol. The van der Waals surface area contributed by atoms with Crippen LogP contribution in [0.25, 0.3) is 10.9 Å². The molecule has 2 aromatic rings. The molecule has 0 atom stereocenters. The maximum atomic E-state index is 9.27. The van der Waals surface area contributed by atoms with Crippen LogP contribution in [0.2, 0.25) is 0 Å². The van der Waals surface area contributed by atoms with E-state index in [0.717, 1.165) is 41.6 Å². The maximum Gasteiger partial charge on any atom is 0.111 e. The summed E-state index contributed by atoms with van der Waals surface area (Å²) in [5.41, 5.74) is 2.47. The lowest BCUT2D eigenvalue weighted by atomic mass is 9.67. The number of nitrogens with zero attached hydrogens (tertiary/aromatic N) is 3. The molecule has 4 heteroatoms. The average molecular weight is 242 g/mol. The van der Waals surface area contributed by atoms with Crippen LogP contribution < -0.4 is 0 Å². The van der Waals surface area contributed by atoms with Crippen molar-refractivity contribution in [3.05, 3.63) is 23.7 Å². The van der Waals surface area contributed by atoms with Crippen molar-refractivity contribution in [1.82, 2.24) is 15.2 Å². The smallest absolute Gasteiger partial charge is 0.111 e. The SMILES string of the molecule is CC.Cc1[nH]nc2cnc(C3(C#N)CCC3)cc12. The fourth-order valence-electron chi connectivity index (χ4n) is 2.26. The summed E-state index contributed by atoms with van der Waals surface area (Å²) in [6.45, 7) is 5.99. The van der Waals surface area contributed by atoms with Crippen LogP contribution in [0.3, 0.4) is 0 Å². The Bertz CT molecular complexity index is 587. The normalized spacial score (nSPS) is 16.3. The fourth-order valence-corrected chi connectivity index (χ4v) is 2.26. The quantitative estimate of drug-likeness (QED) is 0.834. The summed E-state index contributed by atoms with van der Waals surface area (Å²) in [5.74, 6) is 0.